The van der Waals surface area contributed by atoms with Gasteiger partial charge < -0.3 is 23.0 Å². The lowest BCUT2D eigenvalue weighted by Crippen LogP contribution is -2.39. The van der Waals surface area contributed by atoms with Crippen LogP contribution in [0.15, 0.2) is 152 Å². The molecule has 4 aromatic carbocycles. The maximum atomic E-state index is 13.2. The maximum absolute atomic E-state index is 13.2. The van der Waals surface area contributed by atoms with E-state index < -0.39 is 0 Å². The summed E-state index contributed by atoms with van der Waals surface area (Å²) in [6, 6.07) is 54.5. The van der Waals surface area contributed by atoms with E-state index in [2.05, 4.69) is 181 Å². The van der Waals surface area contributed by atoms with Crippen LogP contribution < -0.4 is 4.74 Å². The molecule has 0 N–H and O–H groups in total. The molecule has 0 saturated carbocycles. The van der Waals surface area contributed by atoms with Gasteiger partial charge in [-0.1, -0.05) is 104 Å². The second-order valence-corrected chi connectivity index (χ2v) is 32.5. The quantitative estimate of drug-likeness (QED) is 0.112. The number of halogens is 2. The third-order valence-electron chi connectivity index (χ3n) is 25.4. The predicted molar refractivity (Wildman–Crippen MR) is 437 cm³/mol. The fourth-order valence-corrected chi connectivity index (χ4v) is 20.2. The first kappa shape index (κ1) is 72.4. The normalized spacial score (nSPS) is 19.8. The molecule has 560 valence electrons. The third-order valence-corrected chi connectivity index (χ3v) is 25.7. The van der Waals surface area contributed by atoms with E-state index in [0.29, 0.717) is 24.2 Å². The fraction of sp³-hybridized carbons (Fsp3) is 0.441. The van der Waals surface area contributed by atoms with Crippen molar-refractivity contribution in [2.75, 3.05) is 59.5 Å². The number of nitrogens with zero attached hydrogens (tertiary/aromatic N) is 12. The van der Waals surface area contributed by atoms with E-state index in [9.17, 15) is 4.39 Å². The van der Waals surface area contributed by atoms with Gasteiger partial charge >= 0.3 is 0 Å². The minimum atomic E-state index is -0.167. The Labute approximate surface area is 643 Å². The number of benzene rings is 4. The molecule has 0 spiro atoms. The average Bonchev–Trinajstić information content (AvgIpc) is 1.61. The number of fused-ring (bicyclic) bond motifs is 20. The van der Waals surface area contributed by atoms with E-state index in [1.807, 2.05) is 24.3 Å². The predicted octanol–water partition coefficient (Wildman–Crippen LogP) is 19.5. The highest BCUT2D eigenvalue weighted by Crippen LogP contribution is 2.47. The highest BCUT2D eigenvalue weighted by atomic mass is 35.5. The molecule has 8 aliphatic heterocycles. The maximum Gasteiger partial charge on any atom is 0.123 e. The van der Waals surface area contributed by atoms with Gasteiger partial charge in [0.2, 0.25) is 0 Å². The Bertz CT molecular complexity index is 4990. The van der Waals surface area contributed by atoms with Crippen molar-refractivity contribution in [1.29, 1.82) is 0 Å². The summed E-state index contributed by atoms with van der Waals surface area (Å²) < 4.78 is 28.7. The first-order valence-corrected chi connectivity index (χ1v) is 41.4. The molecule has 15 heteroatoms. The summed E-state index contributed by atoms with van der Waals surface area (Å²) in [5.41, 5.74) is 32.1. The number of rotatable bonds is 13. The summed E-state index contributed by atoms with van der Waals surface area (Å²) in [6.07, 6.45) is 24.4. The van der Waals surface area contributed by atoms with Crippen LogP contribution in [-0.2, 0) is 77.5 Å². The SMILES string of the molecule is COc1ccc(CCn2c3c(c4nc(C)ccc42)C2CCCCN2CC3)cc1.Cc1ccc2c(n1)c1c(n2CCc2ccc(Cl)cc2)CCN2CCCCC12.Cc1ccc2c(n1)c1c(n2CCc2ccc(F)cc2)CCN2CCCCC12.Cc1ccc2c(n1)c1c(n2CCc2ccccc2)CCN2CCCCC12. The first-order chi connectivity index (χ1) is 53.0. The number of ether oxygens (including phenoxy) is 1. The fourth-order valence-electron chi connectivity index (χ4n) is 20.1. The van der Waals surface area contributed by atoms with Crippen LogP contribution in [0, 0.1) is 33.5 Å². The highest BCUT2D eigenvalue weighted by molar-refractivity contribution is 6.30. The van der Waals surface area contributed by atoms with Crippen molar-refractivity contribution in [2.24, 2.45) is 0 Å². The molecule has 4 fully saturated rings. The Morgan fingerprint density at radius 1 is 0.343 bits per heavy atom. The first-order valence-electron chi connectivity index (χ1n) is 41.0. The van der Waals surface area contributed by atoms with Gasteiger partial charge in [-0.2, -0.15) is 0 Å². The molecule has 12 aromatic rings. The average molecular weight is 1460 g/mol. The summed E-state index contributed by atoms with van der Waals surface area (Å²) in [5.74, 6) is 0.754. The molecule has 16 heterocycles. The third kappa shape index (κ3) is 14.8. The molecule has 0 bridgehead atoms. The molecule has 4 unspecified atom stereocenters. The zero-order chi connectivity index (χ0) is 73.4. The van der Waals surface area contributed by atoms with E-state index in [-0.39, 0.29) is 5.82 Å². The molecular formula is C93H108ClFN12O. The van der Waals surface area contributed by atoms with E-state index in [4.69, 9.17) is 36.3 Å². The van der Waals surface area contributed by atoms with Gasteiger partial charge in [0, 0.05) is 175 Å². The molecule has 0 radical (unpaired) electrons. The molecule has 4 atom stereocenters. The molecule has 0 amide bonds. The van der Waals surface area contributed by atoms with Crippen molar-refractivity contribution in [2.45, 2.75) is 206 Å². The topological polar surface area (TPSA) is 93.5 Å². The van der Waals surface area contributed by atoms with Crippen molar-refractivity contribution in [3.63, 3.8) is 0 Å². The summed E-state index contributed by atoms with van der Waals surface area (Å²) in [4.78, 5) is 30.8. The van der Waals surface area contributed by atoms with Crippen LogP contribution in [0.25, 0.3) is 44.1 Å². The van der Waals surface area contributed by atoms with Gasteiger partial charge in [0.1, 0.15) is 11.6 Å². The van der Waals surface area contributed by atoms with Gasteiger partial charge in [0.05, 0.1) is 51.2 Å². The molecule has 108 heavy (non-hydrogen) atoms. The highest BCUT2D eigenvalue weighted by Gasteiger charge is 2.39. The van der Waals surface area contributed by atoms with Crippen LogP contribution in [0.4, 0.5) is 4.39 Å². The molecule has 0 aliphatic carbocycles. The minimum absolute atomic E-state index is 0.167. The van der Waals surface area contributed by atoms with E-state index in [0.717, 1.165) is 118 Å². The lowest BCUT2D eigenvalue weighted by molar-refractivity contribution is 0.138. The van der Waals surface area contributed by atoms with Gasteiger partial charge in [-0.15, -0.1) is 0 Å². The largest absolute Gasteiger partial charge is 0.497 e. The number of aromatic nitrogens is 8. The number of hydrogen-bond acceptors (Lipinski definition) is 9. The number of aryl methyl sites for hydroxylation is 12. The Balaban J connectivity index is 0.000000105. The second-order valence-electron chi connectivity index (χ2n) is 32.1. The van der Waals surface area contributed by atoms with Gasteiger partial charge in [0.25, 0.3) is 0 Å². The molecule has 20 rings (SSSR count). The Morgan fingerprint density at radius 2 is 0.630 bits per heavy atom. The van der Waals surface area contributed by atoms with E-state index in [1.54, 1.807) is 30.5 Å². The number of hydrogen-bond donors (Lipinski definition) is 0. The van der Waals surface area contributed by atoms with E-state index >= 15 is 0 Å². The molecule has 13 nitrogen and oxygen atoms in total. The van der Waals surface area contributed by atoms with Crippen molar-refractivity contribution in [1.82, 2.24) is 57.8 Å². The van der Waals surface area contributed by atoms with E-state index in [1.165, 1.54) is 223 Å². The lowest BCUT2D eigenvalue weighted by atomic mass is 9.90. The van der Waals surface area contributed by atoms with Crippen LogP contribution in [0.1, 0.15) is 191 Å². The summed E-state index contributed by atoms with van der Waals surface area (Å²) in [5, 5.41) is 0.805. The second kappa shape index (κ2) is 32.2. The molecular weight excluding hydrogens is 1360 g/mol. The number of piperidine rings is 4. The smallest absolute Gasteiger partial charge is 0.123 e. The van der Waals surface area contributed by atoms with Gasteiger partial charge in [0.15, 0.2) is 0 Å². The van der Waals surface area contributed by atoms with Crippen LogP contribution in [-0.4, -0.2) is 117 Å². The van der Waals surface area contributed by atoms with Gasteiger partial charge in [-0.3, -0.25) is 39.5 Å². The Hall–Kier alpha value is -8.50. The standard InChI is InChI=1S/C24H29N3O.C23H26ClN3.C23H26FN3.C23H27N3/c1-17-6-11-22-24(25-17)23-20-5-3-4-14-26(20)15-13-21(23)27(22)16-12-18-7-9-19(28-2)10-8-18;2*1-16-5-10-21-23(25-16)22-19-4-2-3-13-26(19)14-12-20(22)27(21)15-11-17-6-8-18(24)9-7-17;1-17-10-11-21-23(24-17)22-19-9-5-6-14-25(19)15-13-20(22)26(21)16-12-18-7-3-2-4-8-18/h6-11,20H,3-5,12-16H2,1-2H3;2*5-10,19H,2-4,11-15H2,1H3;2-4,7-8,10-11,19H,5-6,9,12-16H2,1H3. The molecule has 4 saturated heterocycles. The zero-order valence-corrected chi connectivity index (χ0v) is 65.2. The monoisotopic (exact) mass is 1460 g/mol. The Morgan fingerprint density at radius 3 is 0.935 bits per heavy atom. The van der Waals surface area contributed by atoms with Gasteiger partial charge in [-0.25, -0.2) is 4.39 Å². The molecule has 8 aromatic heterocycles. The van der Waals surface area contributed by atoms with Crippen LogP contribution >= 0.6 is 11.6 Å². The van der Waals surface area contributed by atoms with Crippen LogP contribution in [0.2, 0.25) is 5.02 Å². The van der Waals surface area contributed by atoms with Crippen molar-refractivity contribution >= 4 is 55.7 Å². The Kier molecular flexibility index (Phi) is 21.6. The van der Waals surface area contributed by atoms with Crippen molar-refractivity contribution < 1.29 is 9.13 Å². The van der Waals surface area contributed by atoms with Crippen LogP contribution in [0.5, 0.6) is 5.75 Å². The zero-order valence-electron chi connectivity index (χ0n) is 64.4. The van der Waals surface area contributed by atoms with Crippen LogP contribution in [0.3, 0.4) is 0 Å². The number of methoxy groups -OCH3 is 1. The minimum Gasteiger partial charge on any atom is -0.497 e. The summed E-state index contributed by atoms with van der Waals surface area (Å²) >= 11 is 6.05. The van der Waals surface area contributed by atoms with Gasteiger partial charge in [-0.05, 0) is 238 Å². The van der Waals surface area contributed by atoms with Crippen molar-refractivity contribution in [3.8, 4) is 5.75 Å². The van der Waals surface area contributed by atoms with Crippen molar-refractivity contribution in [3.05, 3.63) is 253 Å². The summed E-state index contributed by atoms with van der Waals surface area (Å²) in [6.45, 7) is 22.1. The molecule has 8 aliphatic rings. The summed E-state index contributed by atoms with van der Waals surface area (Å²) in [7, 11) is 1.72. The number of pyridine rings is 4. The lowest BCUT2D eigenvalue weighted by Gasteiger charge is -2.39.